The Kier molecular flexibility index (Phi) is 5.74. The summed E-state index contributed by atoms with van der Waals surface area (Å²) in [5.74, 6) is -1.01. The summed E-state index contributed by atoms with van der Waals surface area (Å²) >= 11 is 0. The lowest BCUT2D eigenvalue weighted by molar-refractivity contribution is -0.132. The first-order valence-electron chi connectivity index (χ1n) is 7.70. The number of carbonyl (C=O) groups excluding carboxylic acids is 4. The van der Waals surface area contributed by atoms with Crippen LogP contribution in [0.2, 0.25) is 0 Å². The zero-order valence-electron chi connectivity index (χ0n) is 12.4. The fourth-order valence-electron chi connectivity index (χ4n) is 2.58. The molecule has 2 heterocycles. The molecule has 22 heavy (non-hydrogen) atoms. The summed E-state index contributed by atoms with van der Waals surface area (Å²) in [6, 6.07) is -1.01. The molecular weight excluding hydrogens is 288 g/mol. The van der Waals surface area contributed by atoms with Crippen LogP contribution in [0.5, 0.6) is 0 Å². The molecule has 0 bridgehead atoms. The van der Waals surface area contributed by atoms with Crippen molar-refractivity contribution in [2.24, 2.45) is 0 Å². The van der Waals surface area contributed by atoms with Crippen LogP contribution in [0.3, 0.4) is 0 Å². The number of amides is 4. The molecule has 2 saturated heterocycles. The van der Waals surface area contributed by atoms with Crippen LogP contribution in [-0.4, -0.2) is 48.8 Å². The normalized spacial score (nSPS) is 24.9. The van der Waals surface area contributed by atoms with E-state index >= 15 is 0 Å². The van der Waals surface area contributed by atoms with E-state index in [2.05, 4.69) is 21.3 Å². The van der Waals surface area contributed by atoms with Crippen molar-refractivity contribution >= 4 is 23.6 Å². The van der Waals surface area contributed by atoms with Crippen LogP contribution >= 0.6 is 0 Å². The fraction of sp³-hybridized carbons (Fsp3) is 0.714. The SMILES string of the molecule is O=C(CCC(=O)N[C@H]1CCCNC1=O)N[C@H]1CCCNC1=O. The van der Waals surface area contributed by atoms with Crippen molar-refractivity contribution in [1.82, 2.24) is 21.3 Å². The molecule has 0 unspecified atom stereocenters. The Labute approximate surface area is 128 Å². The number of hydrogen-bond donors (Lipinski definition) is 4. The van der Waals surface area contributed by atoms with Crippen LogP contribution in [0.25, 0.3) is 0 Å². The summed E-state index contributed by atoms with van der Waals surface area (Å²) in [4.78, 5) is 46.6. The molecule has 4 N–H and O–H groups in total. The number of piperidine rings is 2. The molecule has 0 saturated carbocycles. The van der Waals surface area contributed by atoms with Crippen molar-refractivity contribution < 1.29 is 19.2 Å². The van der Waals surface area contributed by atoms with Gasteiger partial charge in [-0.3, -0.25) is 19.2 Å². The van der Waals surface area contributed by atoms with Crippen molar-refractivity contribution in [3.05, 3.63) is 0 Å². The lowest BCUT2D eigenvalue weighted by Crippen LogP contribution is -2.51. The first-order chi connectivity index (χ1) is 10.6. The Morgan fingerprint density at radius 3 is 1.64 bits per heavy atom. The van der Waals surface area contributed by atoms with Gasteiger partial charge < -0.3 is 21.3 Å². The Morgan fingerprint density at radius 2 is 1.27 bits per heavy atom. The van der Waals surface area contributed by atoms with E-state index in [-0.39, 0.29) is 36.5 Å². The quantitative estimate of drug-likeness (QED) is 0.497. The van der Waals surface area contributed by atoms with Crippen LogP contribution in [-0.2, 0) is 19.2 Å². The van der Waals surface area contributed by atoms with Crippen LogP contribution in [0.15, 0.2) is 0 Å². The number of rotatable bonds is 5. The van der Waals surface area contributed by atoms with Gasteiger partial charge >= 0.3 is 0 Å². The molecule has 122 valence electrons. The first-order valence-corrected chi connectivity index (χ1v) is 7.70. The summed E-state index contributed by atoms with van der Waals surface area (Å²) < 4.78 is 0. The Balaban J connectivity index is 1.68. The molecule has 8 heteroatoms. The smallest absolute Gasteiger partial charge is 0.242 e. The lowest BCUT2D eigenvalue weighted by Gasteiger charge is -2.23. The van der Waals surface area contributed by atoms with Crippen molar-refractivity contribution in [3.8, 4) is 0 Å². The van der Waals surface area contributed by atoms with E-state index in [1.165, 1.54) is 0 Å². The number of hydrogen-bond acceptors (Lipinski definition) is 4. The minimum atomic E-state index is -0.506. The highest BCUT2D eigenvalue weighted by molar-refractivity contribution is 5.91. The molecule has 0 aromatic heterocycles. The third-order valence-electron chi connectivity index (χ3n) is 3.82. The maximum Gasteiger partial charge on any atom is 0.242 e. The van der Waals surface area contributed by atoms with E-state index in [0.29, 0.717) is 25.9 Å². The van der Waals surface area contributed by atoms with Crippen LogP contribution in [0.1, 0.15) is 38.5 Å². The third kappa shape index (κ3) is 4.71. The Morgan fingerprint density at radius 1 is 0.864 bits per heavy atom. The number of carbonyl (C=O) groups is 4. The van der Waals surface area contributed by atoms with E-state index < -0.39 is 12.1 Å². The predicted molar refractivity (Wildman–Crippen MR) is 77.6 cm³/mol. The summed E-state index contributed by atoms with van der Waals surface area (Å²) in [5, 5.41) is 10.6. The Bertz CT molecular complexity index is 424. The second-order valence-corrected chi connectivity index (χ2v) is 5.61. The molecule has 0 aromatic rings. The highest BCUT2D eigenvalue weighted by Gasteiger charge is 2.25. The van der Waals surface area contributed by atoms with Crippen LogP contribution < -0.4 is 21.3 Å². The van der Waals surface area contributed by atoms with Gasteiger partial charge in [-0.05, 0) is 25.7 Å². The van der Waals surface area contributed by atoms with Crippen molar-refractivity contribution in [3.63, 3.8) is 0 Å². The second-order valence-electron chi connectivity index (χ2n) is 5.61. The van der Waals surface area contributed by atoms with E-state index in [0.717, 1.165) is 12.8 Å². The van der Waals surface area contributed by atoms with Crippen molar-refractivity contribution in [2.45, 2.75) is 50.6 Å². The average Bonchev–Trinajstić information content (AvgIpc) is 2.50. The van der Waals surface area contributed by atoms with Gasteiger partial charge in [0.1, 0.15) is 12.1 Å². The van der Waals surface area contributed by atoms with Crippen molar-refractivity contribution in [2.75, 3.05) is 13.1 Å². The van der Waals surface area contributed by atoms with Gasteiger partial charge in [0.05, 0.1) is 0 Å². The minimum Gasteiger partial charge on any atom is -0.354 e. The van der Waals surface area contributed by atoms with Gasteiger partial charge in [-0.25, -0.2) is 0 Å². The molecule has 8 nitrogen and oxygen atoms in total. The van der Waals surface area contributed by atoms with Gasteiger partial charge in [0.25, 0.3) is 0 Å². The molecule has 2 aliphatic heterocycles. The molecule has 0 aliphatic carbocycles. The number of nitrogens with one attached hydrogen (secondary N) is 4. The maximum atomic E-state index is 11.8. The summed E-state index contributed by atoms with van der Waals surface area (Å²) in [6.45, 7) is 1.27. The Hall–Kier alpha value is -2.12. The molecular formula is C14H22N4O4. The van der Waals surface area contributed by atoms with Crippen molar-refractivity contribution in [1.29, 1.82) is 0 Å². The van der Waals surface area contributed by atoms with Gasteiger partial charge in [-0.15, -0.1) is 0 Å². The zero-order chi connectivity index (χ0) is 15.9. The van der Waals surface area contributed by atoms with Gasteiger partial charge in [-0.1, -0.05) is 0 Å². The average molecular weight is 310 g/mol. The van der Waals surface area contributed by atoms with Gasteiger partial charge in [-0.2, -0.15) is 0 Å². The first kappa shape index (κ1) is 16.3. The van der Waals surface area contributed by atoms with Gasteiger partial charge in [0, 0.05) is 25.9 Å². The largest absolute Gasteiger partial charge is 0.354 e. The highest BCUT2D eigenvalue weighted by atomic mass is 16.2. The molecule has 0 radical (unpaired) electrons. The fourth-order valence-corrected chi connectivity index (χ4v) is 2.58. The summed E-state index contributed by atoms with van der Waals surface area (Å²) in [5.41, 5.74) is 0. The standard InChI is InChI=1S/C14H22N4O4/c19-11(17-9-3-1-7-15-13(9)21)5-6-12(20)18-10-4-2-8-16-14(10)22/h9-10H,1-8H2,(H,15,21)(H,16,22)(H,17,19)(H,18,20)/t9-,10-/m0/s1. The second kappa shape index (κ2) is 7.77. The topological polar surface area (TPSA) is 116 Å². The van der Waals surface area contributed by atoms with Crippen LogP contribution in [0.4, 0.5) is 0 Å². The monoisotopic (exact) mass is 310 g/mol. The third-order valence-corrected chi connectivity index (χ3v) is 3.82. The van der Waals surface area contributed by atoms with Crippen LogP contribution in [0, 0.1) is 0 Å². The van der Waals surface area contributed by atoms with E-state index in [4.69, 9.17) is 0 Å². The molecule has 2 fully saturated rings. The predicted octanol–water partition coefficient (Wildman–Crippen LogP) is -1.44. The molecule has 0 aromatic carbocycles. The van der Waals surface area contributed by atoms with E-state index in [1.807, 2.05) is 0 Å². The lowest BCUT2D eigenvalue weighted by atomic mass is 10.1. The van der Waals surface area contributed by atoms with E-state index in [1.54, 1.807) is 0 Å². The molecule has 2 aliphatic rings. The minimum absolute atomic E-state index is 0.00392. The summed E-state index contributed by atoms with van der Waals surface area (Å²) in [7, 11) is 0. The molecule has 2 atom stereocenters. The van der Waals surface area contributed by atoms with Gasteiger partial charge in [0.15, 0.2) is 0 Å². The highest BCUT2D eigenvalue weighted by Crippen LogP contribution is 2.05. The van der Waals surface area contributed by atoms with Gasteiger partial charge in [0.2, 0.25) is 23.6 Å². The molecule has 0 spiro atoms. The maximum absolute atomic E-state index is 11.8. The molecule has 2 rings (SSSR count). The molecule has 4 amide bonds. The summed E-state index contributed by atoms with van der Waals surface area (Å²) in [6.07, 6.45) is 2.90. The van der Waals surface area contributed by atoms with E-state index in [9.17, 15) is 19.2 Å². The zero-order valence-corrected chi connectivity index (χ0v) is 12.4.